The predicted molar refractivity (Wildman–Crippen MR) is 71.7 cm³/mol. The van der Waals surface area contributed by atoms with E-state index in [9.17, 15) is 20.2 Å². The molecule has 1 aliphatic heterocycles. The highest BCUT2D eigenvalue weighted by Crippen LogP contribution is 2.34. The van der Waals surface area contributed by atoms with Gasteiger partial charge >= 0.3 is 17.0 Å². The van der Waals surface area contributed by atoms with Crippen LogP contribution in [0.1, 0.15) is 6.92 Å². The first-order valence-electron chi connectivity index (χ1n) is 5.93. The van der Waals surface area contributed by atoms with Crippen molar-refractivity contribution in [2.45, 2.75) is 12.6 Å². The highest BCUT2D eigenvalue weighted by Gasteiger charge is 2.52. The van der Waals surface area contributed by atoms with Gasteiger partial charge in [0, 0.05) is 6.07 Å². The van der Waals surface area contributed by atoms with E-state index in [0.29, 0.717) is 6.61 Å². The maximum Gasteiger partial charge on any atom is 0.348 e. The molecule has 0 aliphatic carbocycles. The van der Waals surface area contributed by atoms with E-state index >= 15 is 0 Å². The van der Waals surface area contributed by atoms with E-state index in [0.717, 1.165) is 12.1 Å². The molecule has 0 N–H and O–H groups in total. The van der Waals surface area contributed by atoms with Crippen molar-refractivity contribution in [1.82, 2.24) is 0 Å². The van der Waals surface area contributed by atoms with E-state index < -0.39 is 26.9 Å². The lowest BCUT2D eigenvalue weighted by Crippen LogP contribution is -2.14. The Balaban J connectivity index is 2.26. The first-order chi connectivity index (χ1) is 10.4. The number of rotatable bonds is 5. The summed E-state index contributed by atoms with van der Waals surface area (Å²) in [5.41, 5.74) is -2.91. The van der Waals surface area contributed by atoms with E-state index in [2.05, 4.69) is 15.2 Å². The maximum atomic E-state index is 10.8. The SMILES string of the molecule is CCOC1=NC1(C#N)N=Nc1ccc([N+](=O)[O-])c([N+](=O)[O-])c1. The predicted octanol–water partition coefficient (Wildman–Crippen LogP) is 2.26. The van der Waals surface area contributed by atoms with Crippen molar-refractivity contribution in [3.8, 4) is 6.07 Å². The second kappa shape index (κ2) is 5.52. The topological polar surface area (TPSA) is 156 Å². The van der Waals surface area contributed by atoms with Gasteiger partial charge in [-0.15, -0.1) is 5.11 Å². The van der Waals surface area contributed by atoms with E-state index in [-0.39, 0.29) is 11.6 Å². The average Bonchev–Trinajstić information content (AvgIpc) is 3.18. The molecule has 1 aliphatic rings. The number of nitro benzene ring substituents is 2. The third-order valence-electron chi connectivity index (χ3n) is 2.61. The van der Waals surface area contributed by atoms with Crippen molar-refractivity contribution in [2.75, 3.05) is 6.61 Å². The van der Waals surface area contributed by atoms with Gasteiger partial charge in [-0.3, -0.25) is 20.2 Å². The summed E-state index contributed by atoms with van der Waals surface area (Å²) >= 11 is 0. The Kier molecular flexibility index (Phi) is 3.76. The van der Waals surface area contributed by atoms with E-state index in [4.69, 9.17) is 10.00 Å². The Hall–Kier alpha value is -3.42. The molecule has 1 atom stereocenters. The summed E-state index contributed by atoms with van der Waals surface area (Å²) in [6.45, 7) is 2.01. The summed E-state index contributed by atoms with van der Waals surface area (Å²) < 4.78 is 5.04. The monoisotopic (exact) mass is 304 g/mol. The van der Waals surface area contributed by atoms with Crippen molar-refractivity contribution in [3.63, 3.8) is 0 Å². The van der Waals surface area contributed by atoms with Crippen LogP contribution in [0.5, 0.6) is 0 Å². The third-order valence-corrected chi connectivity index (χ3v) is 2.61. The van der Waals surface area contributed by atoms with Gasteiger partial charge in [-0.05, 0) is 13.0 Å². The van der Waals surface area contributed by atoms with Gasteiger partial charge in [-0.25, -0.2) is 0 Å². The largest absolute Gasteiger partial charge is 0.477 e. The van der Waals surface area contributed by atoms with Crippen molar-refractivity contribution < 1.29 is 14.6 Å². The molecule has 0 radical (unpaired) electrons. The van der Waals surface area contributed by atoms with Crippen LogP contribution in [0.25, 0.3) is 0 Å². The van der Waals surface area contributed by atoms with E-state index in [1.165, 1.54) is 6.07 Å². The molecule has 11 heteroatoms. The zero-order valence-electron chi connectivity index (χ0n) is 11.2. The van der Waals surface area contributed by atoms with Crippen molar-refractivity contribution in [3.05, 3.63) is 38.4 Å². The minimum Gasteiger partial charge on any atom is -0.477 e. The summed E-state index contributed by atoms with van der Waals surface area (Å²) in [6, 6.07) is 4.82. The molecule has 112 valence electrons. The van der Waals surface area contributed by atoms with Crippen LogP contribution >= 0.6 is 0 Å². The molecule has 0 aromatic heterocycles. The smallest absolute Gasteiger partial charge is 0.348 e. The Bertz CT molecular complexity index is 752. The molecule has 2 rings (SSSR count). The lowest BCUT2D eigenvalue weighted by Gasteiger charge is -1.99. The molecule has 1 unspecified atom stereocenters. The van der Waals surface area contributed by atoms with Gasteiger partial charge in [0.25, 0.3) is 5.90 Å². The molecule has 1 heterocycles. The molecule has 11 nitrogen and oxygen atoms in total. The van der Waals surface area contributed by atoms with Crippen LogP contribution in [0.2, 0.25) is 0 Å². The number of nitrogens with zero attached hydrogens (tertiary/aromatic N) is 6. The van der Waals surface area contributed by atoms with Crippen LogP contribution in [0.15, 0.2) is 33.4 Å². The number of hydrogen-bond acceptors (Lipinski definition) is 9. The zero-order valence-corrected chi connectivity index (χ0v) is 11.2. The average molecular weight is 304 g/mol. The summed E-state index contributed by atoms with van der Waals surface area (Å²) in [5.74, 6) is 0.109. The van der Waals surface area contributed by atoms with Gasteiger partial charge in [-0.1, -0.05) is 0 Å². The van der Waals surface area contributed by atoms with Gasteiger partial charge in [0.1, 0.15) is 6.07 Å². The van der Waals surface area contributed by atoms with Crippen molar-refractivity contribution >= 4 is 23.0 Å². The van der Waals surface area contributed by atoms with Gasteiger partial charge in [0.15, 0.2) is 0 Å². The number of aliphatic imine (C=N–C) groups is 1. The molecule has 0 bridgehead atoms. The van der Waals surface area contributed by atoms with Crippen LogP contribution < -0.4 is 0 Å². The second-order valence-corrected chi connectivity index (χ2v) is 4.02. The standard InChI is InChI=1S/C11H8N6O5/c1-2-22-10-11(6-12,13-10)15-14-7-3-4-8(16(18)19)9(5-7)17(20)21/h3-5H,2H2,1H3. The number of azo groups is 1. The molecule has 0 fully saturated rings. The van der Waals surface area contributed by atoms with Crippen LogP contribution in [0.4, 0.5) is 17.1 Å². The molecule has 0 spiro atoms. The fourth-order valence-electron chi connectivity index (χ4n) is 1.55. The lowest BCUT2D eigenvalue weighted by atomic mass is 10.2. The van der Waals surface area contributed by atoms with Gasteiger partial charge < -0.3 is 4.74 Å². The summed E-state index contributed by atoms with van der Waals surface area (Å²) in [6.07, 6.45) is 0. The number of nitro groups is 2. The summed E-state index contributed by atoms with van der Waals surface area (Å²) in [4.78, 5) is 23.5. The van der Waals surface area contributed by atoms with E-state index in [1.54, 1.807) is 13.0 Å². The van der Waals surface area contributed by atoms with Crippen molar-refractivity contribution in [2.24, 2.45) is 15.2 Å². The van der Waals surface area contributed by atoms with Crippen LogP contribution in [0, 0.1) is 31.6 Å². The Labute approximate surface area is 122 Å². The first-order valence-corrected chi connectivity index (χ1v) is 5.93. The van der Waals surface area contributed by atoms with Crippen LogP contribution in [-0.4, -0.2) is 28.0 Å². The quantitative estimate of drug-likeness (QED) is 0.461. The van der Waals surface area contributed by atoms with Crippen LogP contribution in [-0.2, 0) is 4.74 Å². The fourth-order valence-corrected chi connectivity index (χ4v) is 1.55. The molecule has 0 saturated carbocycles. The van der Waals surface area contributed by atoms with Gasteiger partial charge in [0.05, 0.1) is 28.2 Å². The molecule has 0 saturated heterocycles. The Morgan fingerprint density at radius 1 is 1.36 bits per heavy atom. The van der Waals surface area contributed by atoms with E-state index in [1.807, 2.05) is 0 Å². The first kappa shape index (κ1) is 15.0. The maximum absolute atomic E-state index is 10.8. The fraction of sp³-hybridized carbons (Fsp3) is 0.273. The van der Waals surface area contributed by atoms with Crippen LogP contribution in [0.3, 0.4) is 0 Å². The molecular weight excluding hydrogens is 296 g/mol. The normalized spacial score (nSPS) is 19.4. The molecular formula is C11H8N6O5. The molecule has 1 aromatic rings. The van der Waals surface area contributed by atoms with Gasteiger partial charge in [-0.2, -0.15) is 15.4 Å². The molecule has 1 aromatic carbocycles. The number of benzene rings is 1. The highest BCUT2D eigenvalue weighted by molar-refractivity contribution is 6.01. The summed E-state index contributed by atoms with van der Waals surface area (Å²) in [7, 11) is 0. The minimum atomic E-state index is -1.54. The number of hydrogen-bond donors (Lipinski definition) is 0. The second-order valence-electron chi connectivity index (χ2n) is 4.02. The highest BCUT2D eigenvalue weighted by atomic mass is 16.6. The summed E-state index contributed by atoms with van der Waals surface area (Å²) in [5, 5.41) is 37.9. The number of nitriles is 1. The molecule has 0 amide bonds. The minimum absolute atomic E-state index is 0.00938. The van der Waals surface area contributed by atoms with Crippen molar-refractivity contribution in [1.29, 1.82) is 5.26 Å². The van der Waals surface area contributed by atoms with Gasteiger partial charge in [0.2, 0.25) is 0 Å². The Morgan fingerprint density at radius 2 is 2.05 bits per heavy atom. The third kappa shape index (κ3) is 2.70. The molecule has 22 heavy (non-hydrogen) atoms. The Morgan fingerprint density at radius 3 is 2.59 bits per heavy atom. The number of ether oxygens (including phenoxy) is 1. The lowest BCUT2D eigenvalue weighted by molar-refractivity contribution is -0.422. The zero-order chi connectivity index (χ0) is 16.3.